The number of benzene rings is 1. The van der Waals surface area contributed by atoms with E-state index >= 15 is 0 Å². The zero-order valence-electron chi connectivity index (χ0n) is 17.1. The minimum absolute atomic E-state index is 0.0220. The van der Waals surface area contributed by atoms with Crippen molar-refractivity contribution in [1.82, 2.24) is 14.5 Å². The lowest BCUT2D eigenvalue weighted by Gasteiger charge is -2.26. The molecule has 0 unspecified atom stereocenters. The van der Waals surface area contributed by atoms with Crippen molar-refractivity contribution in [3.63, 3.8) is 0 Å². The van der Waals surface area contributed by atoms with E-state index < -0.39 is 10.0 Å². The van der Waals surface area contributed by atoms with Crippen LogP contribution >= 0.6 is 23.1 Å². The number of nitrogens with zero attached hydrogens (tertiary/aromatic N) is 4. The van der Waals surface area contributed by atoms with Crippen LogP contribution in [0.25, 0.3) is 0 Å². The summed E-state index contributed by atoms with van der Waals surface area (Å²) < 4.78 is 28.2. The molecule has 2 aromatic rings. The highest BCUT2D eigenvalue weighted by Gasteiger charge is 2.30. The Labute approximate surface area is 190 Å². The summed E-state index contributed by atoms with van der Waals surface area (Å²) in [7, 11) is -3.47. The number of rotatable bonds is 8. The first kappa shape index (κ1) is 22.3. The van der Waals surface area contributed by atoms with Crippen molar-refractivity contribution >= 4 is 49.8 Å². The normalized spacial score (nSPS) is 16.8. The lowest BCUT2D eigenvalue weighted by atomic mass is 10.2. The van der Waals surface area contributed by atoms with E-state index in [1.165, 1.54) is 23.1 Å². The van der Waals surface area contributed by atoms with Crippen molar-refractivity contribution in [2.24, 2.45) is 0 Å². The number of amides is 1. The van der Waals surface area contributed by atoms with Gasteiger partial charge in [-0.15, -0.1) is 16.8 Å². The fourth-order valence-electron chi connectivity index (χ4n) is 3.75. The third kappa shape index (κ3) is 4.94. The van der Waals surface area contributed by atoms with Crippen LogP contribution in [-0.2, 0) is 21.2 Å². The lowest BCUT2D eigenvalue weighted by Crippen LogP contribution is -2.35. The lowest BCUT2D eigenvalue weighted by molar-refractivity contribution is -0.116. The molecule has 1 aromatic carbocycles. The number of aromatic nitrogens is 2. The van der Waals surface area contributed by atoms with E-state index in [9.17, 15) is 13.2 Å². The molecule has 3 heterocycles. The van der Waals surface area contributed by atoms with Crippen LogP contribution in [0, 0.1) is 0 Å². The summed E-state index contributed by atoms with van der Waals surface area (Å²) in [5.41, 5.74) is 1.71. The number of piperidine rings is 1. The van der Waals surface area contributed by atoms with Gasteiger partial charge in [0.1, 0.15) is 0 Å². The molecule has 11 heteroatoms. The number of thioether (sulfide) groups is 1. The summed E-state index contributed by atoms with van der Waals surface area (Å²) in [5.74, 6) is 0.231. The van der Waals surface area contributed by atoms with Gasteiger partial charge in [0.15, 0.2) is 4.34 Å². The molecular formula is C20H25N5O3S3. The van der Waals surface area contributed by atoms with Crippen molar-refractivity contribution in [1.29, 1.82) is 0 Å². The van der Waals surface area contributed by atoms with Crippen molar-refractivity contribution in [3.05, 3.63) is 36.4 Å². The molecule has 0 aliphatic carbocycles. The Hall–Kier alpha value is -1.95. The molecule has 0 saturated carbocycles. The Kier molecular flexibility index (Phi) is 6.95. The number of carbonyl (C=O) groups excluding carboxylic acids is 1. The molecule has 166 valence electrons. The molecular weight excluding hydrogens is 454 g/mol. The Morgan fingerprint density at radius 1 is 1.23 bits per heavy atom. The topological polar surface area (TPSA) is 95.5 Å². The summed E-state index contributed by atoms with van der Waals surface area (Å²) >= 11 is 2.76. The summed E-state index contributed by atoms with van der Waals surface area (Å²) in [6, 6.07) is 5.13. The first-order chi connectivity index (χ1) is 15.0. The predicted octanol–water partition coefficient (Wildman–Crippen LogP) is 2.99. The zero-order chi connectivity index (χ0) is 21.8. The smallest absolute Gasteiger partial charge is 0.243 e. The van der Waals surface area contributed by atoms with E-state index in [2.05, 4.69) is 22.1 Å². The number of hydrogen-bond acceptors (Lipinski definition) is 8. The van der Waals surface area contributed by atoms with Crippen LogP contribution < -0.4 is 10.2 Å². The maximum absolute atomic E-state index is 12.9. The van der Waals surface area contributed by atoms with Gasteiger partial charge in [-0.1, -0.05) is 35.6 Å². The second-order valence-electron chi connectivity index (χ2n) is 7.38. The van der Waals surface area contributed by atoms with Gasteiger partial charge in [0.05, 0.1) is 10.6 Å². The van der Waals surface area contributed by atoms with E-state index in [-0.39, 0.29) is 11.7 Å². The molecule has 1 aromatic heterocycles. The van der Waals surface area contributed by atoms with Gasteiger partial charge in [0.25, 0.3) is 0 Å². The van der Waals surface area contributed by atoms with E-state index in [0.717, 1.165) is 34.9 Å². The molecule has 1 N–H and O–H groups in total. The number of carbonyl (C=O) groups is 1. The van der Waals surface area contributed by atoms with E-state index in [1.807, 2.05) is 0 Å². The SMILES string of the molecule is C=CCNc1nnc(SCC(=O)N2CCc3cc(S(=O)(=O)N4CCCCC4)ccc32)s1. The summed E-state index contributed by atoms with van der Waals surface area (Å²) in [5, 5.41) is 11.9. The largest absolute Gasteiger partial charge is 0.357 e. The van der Waals surface area contributed by atoms with E-state index in [0.29, 0.717) is 42.6 Å². The van der Waals surface area contributed by atoms with Crippen LogP contribution in [0.15, 0.2) is 40.1 Å². The molecule has 0 atom stereocenters. The van der Waals surface area contributed by atoms with Gasteiger partial charge in [0.2, 0.25) is 21.1 Å². The van der Waals surface area contributed by atoms with Gasteiger partial charge in [-0.3, -0.25) is 4.79 Å². The standard InChI is InChI=1S/C20H25N5O3S3/c1-2-9-21-19-22-23-20(30-19)29-14-18(26)25-12-8-15-13-16(6-7-17(15)25)31(27,28)24-10-4-3-5-11-24/h2,6-7,13H,1,3-5,8-12,14H2,(H,21,22). The number of anilines is 2. The highest BCUT2D eigenvalue weighted by molar-refractivity contribution is 8.01. The van der Waals surface area contributed by atoms with Crippen LogP contribution in [0.2, 0.25) is 0 Å². The zero-order valence-corrected chi connectivity index (χ0v) is 19.6. The molecule has 1 fully saturated rings. The molecule has 31 heavy (non-hydrogen) atoms. The second-order valence-corrected chi connectivity index (χ2v) is 11.5. The van der Waals surface area contributed by atoms with Crippen LogP contribution in [0.5, 0.6) is 0 Å². The second kappa shape index (κ2) is 9.68. The highest BCUT2D eigenvalue weighted by atomic mass is 32.2. The minimum atomic E-state index is -3.47. The van der Waals surface area contributed by atoms with Gasteiger partial charge < -0.3 is 10.2 Å². The Bertz CT molecular complexity index is 1060. The molecule has 4 rings (SSSR count). The molecule has 0 spiro atoms. The minimum Gasteiger partial charge on any atom is -0.357 e. The summed E-state index contributed by atoms with van der Waals surface area (Å²) in [4.78, 5) is 14.9. The van der Waals surface area contributed by atoms with Gasteiger partial charge in [-0.05, 0) is 43.0 Å². The van der Waals surface area contributed by atoms with Crippen LogP contribution in [0.3, 0.4) is 0 Å². The van der Waals surface area contributed by atoms with Crippen molar-refractivity contribution < 1.29 is 13.2 Å². The Morgan fingerprint density at radius 2 is 2.03 bits per heavy atom. The maximum Gasteiger partial charge on any atom is 0.243 e. The average Bonchev–Trinajstić information content (AvgIpc) is 3.43. The fraction of sp³-hybridized carbons (Fsp3) is 0.450. The predicted molar refractivity (Wildman–Crippen MR) is 124 cm³/mol. The van der Waals surface area contributed by atoms with Crippen molar-refractivity contribution in [2.75, 3.05) is 42.1 Å². The third-order valence-corrected chi connectivity index (χ3v) is 9.22. The summed E-state index contributed by atoms with van der Waals surface area (Å²) in [6.45, 7) is 5.98. The molecule has 1 amide bonds. The number of hydrogen-bond donors (Lipinski definition) is 1. The third-order valence-electron chi connectivity index (χ3n) is 5.32. The van der Waals surface area contributed by atoms with E-state index in [1.54, 1.807) is 33.5 Å². The molecule has 8 nitrogen and oxygen atoms in total. The summed E-state index contributed by atoms with van der Waals surface area (Å²) in [6.07, 6.45) is 5.29. The molecule has 2 aliphatic heterocycles. The average molecular weight is 480 g/mol. The first-order valence-electron chi connectivity index (χ1n) is 10.2. The van der Waals surface area contributed by atoms with Gasteiger partial charge in [0, 0.05) is 31.9 Å². The van der Waals surface area contributed by atoms with Crippen molar-refractivity contribution in [3.8, 4) is 0 Å². The monoisotopic (exact) mass is 479 g/mol. The van der Waals surface area contributed by atoms with Crippen LogP contribution in [0.4, 0.5) is 10.8 Å². The quantitative estimate of drug-likeness (QED) is 0.459. The van der Waals surface area contributed by atoms with Crippen LogP contribution in [0.1, 0.15) is 24.8 Å². The Balaban J connectivity index is 1.41. The number of sulfonamides is 1. The first-order valence-corrected chi connectivity index (χ1v) is 13.5. The van der Waals surface area contributed by atoms with Gasteiger partial charge in [-0.25, -0.2) is 8.42 Å². The van der Waals surface area contributed by atoms with Crippen molar-refractivity contribution in [2.45, 2.75) is 34.9 Å². The van der Waals surface area contributed by atoms with Gasteiger partial charge in [-0.2, -0.15) is 4.31 Å². The molecule has 0 bridgehead atoms. The highest BCUT2D eigenvalue weighted by Crippen LogP contribution is 2.33. The Morgan fingerprint density at radius 3 is 2.81 bits per heavy atom. The van der Waals surface area contributed by atoms with Crippen LogP contribution in [-0.4, -0.2) is 60.8 Å². The number of nitrogens with one attached hydrogen (secondary N) is 1. The van der Waals surface area contributed by atoms with Gasteiger partial charge >= 0.3 is 0 Å². The maximum atomic E-state index is 12.9. The van der Waals surface area contributed by atoms with E-state index in [4.69, 9.17) is 0 Å². The molecule has 2 aliphatic rings. The molecule has 0 radical (unpaired) electrons. The number of fused-ring (bicyclic) bond motifs is 1. The fourth-order valence-corrected chi connectivity index (χ4v) is 6.96. The molecule has 1 saturated heterocycles.